The minimum absolute atomic E-state index is 0.805. The van der Waals surface area contributed by atoms with Crippen molar-refractivity contribution in [3.63, 3.8) is 0 Å². The zero-order valence-corrected chi connectivity index (χ0v) is 12.4. The van der Waals surface area contributed by atoms with Crippen LogP contribution in [-0.4, -0.2) is 45.0 Å². The molecule has 0 aromatic heterocycles. The highest BCUT2D eigenvalue weighted by atomic mass is 16.6. The van der Waals surface area contributed by atoms with Crippen LogP contribution in [0.3, 0.4) is 0 Å². The highest BCUT2D eigenvalue weighted by molar-refractivity contribution is 5.79. The van der Waals surface area contributed by atoms with Gasteiger partial charge >= 0.3 is 0 Å². The van der Waals surface area contributed by atoms with Crippen molar-refractivity contribution >= 4 is 6.21 Å². The summed E-state index contributed by atoms with van der Waals surface area (Å²) in [4.78, 5) is 7.05. The maximum Gasteiger partial charge on any atom is 0.119 e. The zero-order valence-electron chi connectivity index (χ0n) is 12.4. The van der Waals surface area contributed by atoms with Gasteiger partial charge in [-0.2, -0.15) is 0 Å². The summed E-state index contributed by atoms with van der Waals surface area (Å²) in [5.41, 5.74) is 1.01. The fourth-order valence-electron chi connectivity index (χ4n) is 2.46. The van der Waals surface area contributed by atoms with Gasteiger partial charge in [0.05, 0.1) is 12.8 Å². The molecule has 0 aliphatic carbocycles. The quantitative estimate of drug-likeness (QED) is 0.592. The number of piperidine rings is 1. The number of likely N-dealkylation sites (tertiary alicyclic amines) is 1. The summed E-state index contributed by atoms with van der Waals surface area (Å²) in [6.45, 7) is 3.25. The summed E-state index contributed by atoms with van der Waals surface area (Å²) >= 11 is 0. The molecule has 0 atom stereocenters. The lowest BCUT2D eigenvalue weighted by Gasteiger charge is -2.28. The molecule has 1 aliphatic heterocycles. The summed E-state index contributed by atoms with van der Waals surface area (Å²) < 4.78 is 5.81. The molecule has 20 heavy (non-hydrogen) atoms. The third-order valence-electron chi connectivity index (χ3n) is 3.82. The van der Waals surface area contributed by atoms with Crippen LogP contribution < -0.4 is 4.74 Å². The molecule has 1 aromatic rings. The predicted molar refractivity (Wildman–Crippen MR) is 81.4 cm³/mol. The second-order valence-corrected chi connectivity index (χ2v) is 5.37. The minimum atomic E-state index is 0.805. The number of benzene rings is 1. The Kier molecular flexibility index (Phi) is 5.87. The van der Waals surface area contributed by atoms with Gasteiger partial charge in [0.15, 0.2) is 0 Å². The standard InChI is InChI=1S/C16H24N2O2/c1-18-10-7-14(8-11-18)9-12-20-16-5-3-15(4-6-16)13-17-19-2/h3-6,13-14H,7-12H2,1-2H3/b17-13+. The average molecular weight is 276 g/mol. The highest BCUT2D eigenvalue weighted by Gasteiger charge is 2.16. The van der Waals surface area contributed by atoms with Crippen LogP contribution in [0.5, 0.6) is 5.75 Å². The predicted octanol–water partition coefficient (Wildman–Crippen LogP) is 2.78. The van der Waals surface area contributed by atoms with E-state index in [0.29, 0.717) is 0 Å². The monoisotopic (exact) mass is 276 g/mol. The number of hydrogen-bond acceptors (Lipinski definition) is 4. The van der Waals surface area contributed by atoms with Gasteiger partial charge in [-0.25, -0.2) is 0 Å². The van der Waals surface area contributed by atoms with Gasteiger partial charge < -0.3 is 14.5 Å². The SMILES string of the molecule is CO/N=C/c1ccc(OCCC2CCN(C)CC2)cc1. The molecule has 0 saturated carbocycles. The molecule has 0 spiro atoms. The molecule has 0 N–H and O–H groups in total. The van der Waals surface area contributed by atoms with E-state index in [2.05, 4.69) is 21.9 Å². The number of oxime groups is 1. The molecule has 1 saturated heterocycles. The molecule has 1 aliphatic rings. The summed E-state index contributed by atoms with van der Waals surface area (Å²) in [7, 11) is 3.73. The Bertz CT molecular complexity index is 409. The lowest BCUT2D eigenvalue weighted by atomic mass is 9.94. The highest BCUT2D eigenvalue weighted by Crippen LogP contribution is 2.20. The van der Waals surface area contributed by atoms with Gasteiger partial charge in [0.25, 0.3) is 0 Å². The molecule has 4 nitrogen and oxygen atoms in total. The fourth-order valence-corrected chi connectivity index (χ4v) is 2.46. The van der Waals surface area contributed by atoms with Crippen molar-refractivity contribution in [1.29, 1.82) is 0 Å². The number of rotatable bonds is 6. The van der Waals surface area contributed by atoms with Gasteiger partial charge in [0, 0.05) is 0 Å². The Labute approximate surface area is 121 Å². The van der Waals surface area contributed by atoms with Gasteiger partial charge in [-0.1, -0.05) is 5.16 Å². The number of ether oxygens (including phenoxy) is 1. The minimum Gasteiger partial charge on any atom is -0.494 e. The number of nitrogens with zero attached hydrogens (tertiary/aromatic N) is 2. The first kappa shape index (κ1) is 14.9. The van der Waals surface area contributed by atoms with Crippen LogP contribution in [0.25, 0.3) is 0 Å². The first-order valence-corrected chi connectivity index (χ1v) is 7.26. The van der Waals surface area contributed by atoms with Gasteiger partial charge in [0.2, 0.25) is 0 Å². The Morgan fingerprint density at radius 3 is 2.60 bits per heavy atom. The summed E-state index contributed by atoms with van der Waals surface area (Å²) in [5, 5.41) is 3.73. The molecule has 1 fully saturated rings. The zero-order chi connectivity index (χ0) is 14.2. The summed E-state index contributed by atoms with van der Waals surface area (Å²) in [6.07, 6.45) is 5.43. The van der Waals surface area contributed by atoms with Crippen LogP contribution in [0.2, 0.25) is 0 Å². The molecule has 0 radical (unpaired) electrons. The van der Waals surface area contributed by atoms with Crippen LogP contribution in [-0.2, 0) is 4.84 Å². The van der Waals surface area contributed by atoms with Crippen molar-refractivity contribution in [2.75, 3.05) is 33.9 Å². The molecule has 0 unspecified atom stereocenters. The molecule has 1 heterocycles. The summed E-state index contributed by atoms with van der Waals surface area (Å²) in [6, 6.07) is 7.91. The Morgan fingerprint density at radius 1 is 1.25 bits per heavy atom. The van der Waals surface area contributed by atoms with Gasteiger partial charge in [-0.15, -0.1) is 0 Å². The van der Waals surface area contributed by atoms with Crippen molar-refractivity contribution in [3.05, 3.63) is 29.8 Å². The van der Waals surface area contributed by atoms with E-state index in [0.717, 1.165) is 30.3 Å². The van der Waals surface area contributed by atoms with E-state index >= 15 is 0 Å². The lowest BCUT2D eigenvalue weighted by Crippen LogP contribution is -2.30. The van der Waals surface area contributed by atoms with Crippen LogP contribution in [0.1, 0.15) is 24.8 Å². The molecule has 2 rings (SSSR count). The van der Waals surface area contributed by atoms with Crippen molar-refractivity contribution in [2.24, 2.45) is 11.1 Å². The van der Waals surface area contributed by atoms with E-state index in [9.17, 15) is 0 Å². The van der Waals surface area contributed by atoms with Crippen molar-refractivity contribution < 1.29 is 9.57 Å². The topological polar surface area (TPSA) is 34.1 Å². The van der Waals surface area contributed by atoms with E-state index in [1.807, 2.05) is 24.3 Å². The van der Waals surface area contributed by atoms with Crippen molar-refractivity contribution in [1.82, 2.24) is 4.90 Å². The maximum atomic E-state index is 5.81. The van der Waals surface area contributed by atoms with Crippen molar-refractivity contribution in [3.8, 4) is 5.75 Å². The first-order valence-electron chi connectivity index (χ1n) is 7.26. The third kappa shape index (κ3) is 4.85. The smallest absolute Gasteiger partial charge is 0.119 e. The largest absolute Gasteiger partial charge is 0.494 e. The normalized spacial score (nSPS) is 17.5. The van der Waals surface area contributed by atoms with E-state index in [1.54, 1.807) is 6.21 Å². The lowest BCUT2D eigenvalue weighted by molar-refractivity contribution is 0.187. The van der Waals surface area contributed by atoms with Crippen LogP contribution >= 0.6 is 0 Å². The maximum absolute atomic E-state index is 5.81. The first-order chi connectivity index (χ1) is 9.78. The van der Waals surface area contributed by atoms with E-state index < -0.39 is 0 Å². The van der Waals surface area contributed by atoms with E-state index in [-0.39, 0.29) is 0 Å². The Hall–Kier alpha value is -1.55. The fraction of sp³-hybridized carbons (Fsp3) is 0.562. The van der Waals surface area contributed by atoms with Gasteiger partial charge in [-0.3, -0.25) is 0 Å². The second kappa shape index (κ2) is 7.90. The van der Waals surface area contributed by atoms with E-state index in [1.165, 1.54) is 33.0 Å². The molecule has 1 aromatic carbocycles. The molecular formula is C16H24N2O2. The molecular weight excluding hydrogens is 252 g/mol. The number of hydrogen-bond donors (Lipinski definition) is 0. The van der Waals surface area contributed by atoms with Crippen LogP contribution in [0.15, 0.2) is 29.4 Å². The third-order valence-corrected chi connectivity index (χ3v) is 3.82. The van der Waals surface area contributed by atoms with Crippen LogP contribution in [0, 0.1) is 5.92 Å². The van der Waals surface area contributed by atoms with Gasteiger partial charge in [-0.05, 0) is 75.1 Å². The molecule has 110 valence electrons. The Morgan fingerprint density at radius 2 is 1.95 bits per heavy atom. The van der Waals surface area contributed by atoms with E-state index in [4.69, 9.17) is 4.74 Å². The second-order valence-electron chi connectivity index (χ2n) is 5.37. The Balaban J connectivity index is 1.70. The summed E-state index contributed by atoms with van der Waals surface area (Å²) in [5.74, 6) is 1.74. The van der Waals surface area contributed by atoms with Gasteiger partial charge in [0.1, 0.15) is 12.9 Å². The van der Waals surface area contributed by atoms with Crippen molar-refractivity contribution in [2.45, 2.75) is 19.3 Å². The molecule has 0 amide bonds. The molecule has 0 bridgehead atoms. The van der Waals surface area contributed by atoms with Crippen LogP contribution in [0.4, 0.5) is 0 Å². The average Bonchev–Trinajstić information content (AvgIpc) is 2.48. The molecule has 4 heteroatoms.